The van der Waals surface area contributed by atoms with Gasteiger partial charge in [0.1, 0.15) is 0 Å². The molecule has 0 radical (unpaired) electrons. The summed E-state index contributed by atoms with van der Waals surface area (Å²) >= 11 is 0. The first kappa shape index (κ1) is 22.4. The first-order chi connectivity index (χ1) is 14.0. The van der Waals surface area contributed by atoms with E-state index in [1.165, 1.54) is 16.3 Å². The molecule has 2 atom stereocenters. The van der Waals surface area contributed by atoms with E-state index >= 15 is 0 Å². The summed E-state index contributed by atoms with van der Waals surface area (Å²) in [5.74, 6) is 0. The van der Waals surface area contributed by atoms with Crippen molar-refractivity contribution in [3.8, 4) is 0 Å². The largest absolute Gasteiger partial charge is 0.332 e. The molecule has 0 aliphatic heterocycles. The zero-order valence-electron chi connectivity index (χ0n) is 17.7. The van der Waals surface area contributed by atoms with Gasteiger partial charge < -0.3 is 4.67 Å². The number of benzene rings is 3. The predicted octanol–water partition coefficient (Wildman–Crippen LogP) is 6.76. The maximum absolute atomic E-state index is 3.20. The molecule has 0 saturated heterocycles. The lowest BCUT2D eigenvalue weighted by Crippen LogP contribution is -2.36. The molecule has 0 amide bonds. The summed E-state index contributed by atoms with van der Waals surface area (Å²) in [5.41, 5.74) is 1.28. The van der Waals surface area contributed by atoms with Gasteiger partial charge in [0.25, 0.3) is 0 Å². The van der Waals surface area contributed by atoms with Crippen LogP contribution in [0.2, 0.25) is 0 Å². The molecule has 29 heavy (non-hydrogen) atoms. The summed E-state index contributed by atoms with van der Waals surface area (Å²) in [6.07, 6.45) is 0. The fraction of sp³-hybridized carbons (Fsp3) is 0.250. The average molecular weight is 440 g/mol. The minimum atomic E-state index is -0.641. The topological polar surface area (TPSA) is 6.48 Å². The van der Waals surface area contributed by atoms with Crippen LogP contribution in [-0.2, 0) is 0 Å². The molecule has 3 rings (SSSR count). The Bertz CT molecular complexity index is 818. The number of rotatable bonds is 8. The first-order valence-corrected chi connectivity index (χ1v) is 14.2. The fourth-order valence-electron chi connectivity index (χ4n) is 3.42. The van der Waals surface area contributed by atoms with Crippen molar-refractivity contribution in [3.63, 3.8) is 0 Å². The highest BCUT2D eigenvalue weighted by atomic mass is 32.0. The summed E-state index contributed by atoms with van der Waals surface area (Å²) in [5, 5.41) is 2.79. The van der Waals surface area contributed by atoms with Gasteiger partial charge in [0, 0.05) is 25.8 Å². The molecule has 2 unspecified atom stereocenters. The molecule has 3 aromatic carbocycles. The van der Waals surface area contributed by atoms with Crippen molar-refractivity contribution in [2.45, 2.75) is 39.8 Å². The van der Waals surface area contributed by atoms with Crippen LogP contribution in [0.5, 0.6) is 0 Å². The maximum atomic E-state index is 3.20. The SMILES string of the molecule is CC(C)N(c1ccccc1)P(P)N(C(C)C)P(c1ccccc1)c1ccccc1. The number of hydrogen-bond donors (Lipinski definition) is 0. The molecular weight excluding hydrogens is 409 g/mol. The molecule has 0 saturated carbocycles. The molecular formula is C24H31N2P3. The van der Waals surface area contributed by atoms with Gasteiger partial charge in [-0.2, -0.15) is 0 Å². The van der Waals surface area contributed by atoms with Crippen LogP contribution >= 0.6 is 24.9 Å². The zero-order valence-corrected chi connectivity index (χ0v) is 20.6. The van der Waals surface area contributed by atoms with Gasteiger partial charge in [0.2, 0.25) is 0 Å². The fourth-order valence-corrected chi connectivity index (χ4v) is 11.6. The van der Waals surface area contributed by atoms with E-state index in [9.17, 15) is 0 Å². The second-order valence-electron chi connectivity index (χ2n) is 7.49. The Balaban J connectivity index is 2.09. The lowest BCUT2D eigenvalue weighted by Gasteiger charge is -2.46. The summed E-state index contributed by atoms with van der Waals surface area (Å²) in [4.78, 5) is 0. The van der Waals surface area contributed by atoms with Gasteiger partial charge >= 0.3 is 0 Å². The third-order valence-electron chi connectivity index (χ3n) is 4.61. The summed E-state index contributed by atoms with van der Waals surface area (Å²) in [6, 6.07) is 33.6. The van der Waals surface area contributed by atoms with Crippen LogP contribution in [0.4, 0.5) is 5.69 Å². The van der Waals surface area contributed by atoms with Gasteiger partial charge in [-0.15, -0.1) is 0 Å². The monoisotopic (exact) mass is 440 g/mol. The molecule has 0 bridgehead atoms. The molecule has 0 N–H and O–H groups in total. The Labute approximate surface area is 181 Å². The van der Waals surface area contributed by atoms with E-state index < -0.39 is 16.0 Å². The van der Waals surface area contributed by atoms with Crippen LogP contribution < -0.4 is 15.3 Å². The quantitative estimate of drug-likeness (QED) is 0.357. The van der Waals surface area contributed by atoms with Gasteiger partial charge in [0.05, 0.1) is 7.91 Å². The molecule has 5 heteroatoms. The van der Waals surface area contributed by atoms with Crippen molar-refractivity contribution < 1.29 is 0 Å². The van der Waals surface area contributed by atoms with E-state index in [1.54, 1.807) is 0 Å². The standard InChI is InChI=1S/C24H31N2P3/c1-20(2)25(22-14-8-5-9-15-22)29(27)26(21(3)4)28(23-16-10-6-11-17-23)24-18-12-7-13-19-24/h5-21H,27H2,1-4H3. The normalized spacial score (nSPS) is 12.7. The Kier molecular flexibility index (Phi) is 8.23. The number of hydrogen-bond acceptors (Lipinski definition) is 2. The van der Waals surface area contributed by atoms with Crippen molar-refractivity contribution in [1.29, 1.82) is 0 Å². The van der Waals surface area contributed by atoms with Crippen molar-refractivity contribution in [2.75, 3.05) is 4.67 Å². The number of nitrogens with zero attached hydrogens (tertiary/aromatic N) is 2. The molecule has 0 aliphatic rings. The highest BCUT2D eigenvalue weighted by Gasteiger charge is 2.33. The minimum Gasteiger partial charge on any atom is -0.332 e. The van der Waals surface area contributed by atoms with E-state index in [4.69, 9.17) is 0 Å². The lowest BCUT2D eigenvalue weighted by atomic mass is 10.3. The number of anilines is 1. The van der Waals surface area contributed by atoms with E-state index in [1.807, 2.05) is 0 Å². The molecule has 0 spiro atoms. The van der Waals surface area contributed by atoms with E-state index in [0.29, 0.717) is 12.1 Å². The first-order valence-electron chi connectivity index (χ1n) is 10.1. The van der Waals surface area contributed by atoms with Gasteiger partial charge in [-0.3, -0.25) is 0 Å². The second-order valence-corrected chi connectivity index (χ2v) is 12.8. The minimum absolute atomic E-state index is 0.408. The molecule has 0 fully saturated rings. The zero-order chi connectivity index (χ0) is 20.8. The molecule has 0 aliphatic carbocycles. The van der Waals surface area contributed by atoms with Crippen LogP contribution in [0.15, 0.2) is 91.0 Å². The highest BCUT2D eigenvalue weighted by Crippen LogP contribution is 2.64. The van der Waals surface area contributed by atoms with E-state index in [0.717, 1.165) is 0 Å². The van der Waals surface area contributed by atoms with E-state index in [2.05, 4.69) is 137 Å². The smallest absolute Gasteiger partial charge is 0.0904 e. The van der Waals surface area contributed by atoms with Crippen LogP contribution in [0.1, 0.15) is 27.7 Å². The third-order valence-corrected chi connectivity index (χ3v) is 12.2. The summed E-state index contributed by atoms with van der Waals surface area (Å²) < 4.78 is 5.30. The van der Waals surface area contributed by atoms with E-state index in [-0.39, 0.29) is 0 Å². The van der Waals surface area contributed by atoms with Crippen LogP contribution in [0.25, 0.3) is 0 Å². The van der Waals surface area contributed by atoms with Gasteiger partial charge in [-0.1, -0.05) is 87.8 Å². The van der Waals surface area contributed by atoms with Crippen molar-refractivity contribution in [2.24, 2.45) is 0 Å². The van der Waals surface area contributed by atoms with Gasteiger partial charge in [-0.25, -0.2) is 4.44 Å². The second kappa shape index (κ2) is 10.7. The molecule has 2 nitrogen and oxygen atoms in total. The highest BCUT2D eigenvalue weighted by molar-refractivity contribution is 8.15. The maximum Gasteiger partial charge on any atom is 0.0904 e. The van der Waals surface area contributed by atoms with Crippen LogP contribution in [0.3, 0.4) is 0 Å². The lowest BCUT2D eigenvalue weighted by molar-refractivity contribution is 0.577. The molecule has 3 aromatic rings. The van der Waals surface area contributed by atoms with Crippen LogP contribution in [0, 0.1) is 0 Å². The Hall–Kier alpha value is -1.29. The van der Waals surface area contributed by atoms with Gasteiger partial charge in [-0.05, 0) is 50.4 Å². The molecule has 0 aromatic heterocycles. The Morgan fingerprint density at radius 1 is 0.621 bits per heavy atom. The van der Waals surface area contributed by atoms with Crippen molar-refractivity contribution in [1.82, 2.24) is 4.44 Å². The summed E-state index contributed by atoms with van der Waals surface area (Å²) in [7, 11) is 1.92. The average Bonchev–Trinajstić information content (AvgIpc) is 2.73. The number of para-hydroxylation sites is 1. The van der Waals surface area contributed by atoms with Crippen LogP contribution in [-0.4, -0.2) is 16.5 Å². The predicted molar refractivity (Wildman–Crippen MR) is 137 cm³/mol. The molecule has 152 valence electrons. The van der Waals surface area contributed by atoms with Crippen molar-refractivity contribution >= 4 is 41.2 Å². The Morgan fingerprint density at radius 3 is 1.41 bits per heavy atom. The van der Waals surface area contributed by atoms with Crippen molar-refractivity contribution in [3.05, 3.63) is 91.0 Å². The molecule has 0 heterocycles. The summed E-state index contributed by atoms with van der Waals surface area (Å²) in [6.45, 7) is 9.23. The van der Waals surface area contributed by atoms with Gasteiger partial charge in [0.15, 0.2) is 0 Å². The third kappa shape index (κ3) is 5.45. The Morgan fingerprint density at radius 2 is 1.03 bits per heavy atom.